The van der Waals surface area contributed by atoms with Crippen LogP contribution in [0.25, 0.3) is 0 Å². The topological polar surface area (TPSA) is 55.1 Å². The van der Waals surface area contributed by atoms with Crippen molar-refractivity contribution >= 4 is 21.8 Å². The molecule has 0 saturated heterocycles. The Bertz CT molecular complexity index is 443. The molecule has 1 aliphatic carbocycles. The van der Waals surface area contributed by atoms with Gasteiger partial charge in [0.15, 0.2) is 0 Å². The van der Waals surface area contributed by atoms with Gasteiger partial charge in [0, 0.05) is 16.9 Å². The van der Waals surface area contributed by atoms with Crippen LogP contribution in [0.15, 0.2) is 28.7 Å². The molecule has 4 heteroatoms. The molecule has 18 heavy (non-hydrogen) atoms. The van der Waals surface area contributed by atoms with Crippen molar-refractivity contribution in [3.8, 4) is 0 Å². The van der Waals surface area contributed by atoms with Crippen molar-refractivity contribution in [1.82, 2.24) is 5.32 Å². The Morgan fingerprint density at radius 1 is 1.56 bits per heavy atom. The first-order valence-electron chi connectivity index (χ1n) is 6.35. The van der Waals surface area contributed by atoms with Crippen LogP contribution in [-0.4, -0.2) is 12.5 Å². The van der Waals surface area contributed by atoms with E-state index in [1.165, 1.54) is 5.56 Å². The smallest absolute Gasteiger partial charge is 0.224 e. The second-order valence-electron chi connectivity index (χ2n) is 5.07. The van der Waals surface area contributed by atoms with E-state index in [1.54, 1.807) is 0 Å². The number of carbonyl (C=O) groups excluding carboxylic acids is 1. The van der Waals surface area contributed by atoms with Gasteiger partial charge in [-0.15, -0.1) is 0 Å². The minimum atomic E-state index is -0.176. The molecule has 3 N–H and O–H groups in total. The highest BCUT2D eigenvalue weighted by Gasteiger charge is 2.40. The van der Waals surface area contributed by atoms with Crippen LogP contribution in [-0.2, 0) is 10.3 Å². The third-order valence-corrected chi connectivity index (χ3v) is 4.24. The van der Waals surface area contributed by atoms with E-state index in [0.29, 0.717) is 6.54 Å². The lowest BCUT2D eigenvalue weighted by Crippen LogP contribution is -2.52. The molecule has 2 rings (SSSR count). The SMILES string of the molecule is CC(CN)C(=O)NC1(c2cccc(Br)c2)CCC1. The first-order valence-corrected chi connectivity index (χ1v) is 7.15. The van der Waals surface area contributed by atoms with Crippen molar-refractivity contribution in [2.45, 2.75) is 31.7 Å². The van der Waals surface area contributed by atoms with Crippen molar-refractivity contribution in [1.29, 1.82) is 0 Å². The first kappa shape index (κ1) is 13.6. The summed E-state index contributed by atoms with van der Waals surface area (Å²) in [6, 6.07) is 8.18. The zero-order chi connectivity index (χ0) is 13.2. The summed E-state index contributed by atoms with van der Waals surface area (Å²) >= 11 is 3.48. The molecule has 1 aromatic carbocycles. The van der Waals surface area contributed by atoms with E-state index in [-0.39, 0.29) is 17.4 Å². The molecule has 1 amide bonds. The van der Waals surface area contributed by atoms with Gasteiger partial charge < -0.3 is 11.1 Å². The maximum atomic E-state index is 12.0. The first-order chi connectivity index (χ1) is 8.57. The fourth-order valence-electron chi connectivity index (χ4n) is 2.27. The molecule has 1 atom stereocenters. The van der Waals surface area contributed by atoms with Crippen LogP contribution in [0.3, 0.4) is 0 Å². The summed E-state index contributed by atoms with van der Waals surface area (Å²) in [7, 11) is 0. The second-order valence-corrected chi connectivity index (χ2v) is 5.99. The maximum Gasteiger partial charge on any atom is 0.224 e. The molecule has 0 aliphatic heterocycles. The molecule has 1 aromatic rings. The van der Waals surface area contributed by atoms with Crippen molar-refractivity contribution in [3.63, 3.8) is 0 Å². The van der Waals surface area contributed by atoms with Crippen LogP contribution in [0.2, 0.25) is 0 Å². The van der Waals surface area contributed by atoms with Crippen LogP contribution in [0, 0.1) is 5.92 Å². The van der Waals surface area contributed by atoms with Crippen LogP contribution < -0.4 is 11.1 Å². The molecule has 0 radical (unpaired) electrons. The number of hydrogen-bond acceptors (Lipinski definition) is 2. The molecule has 0 heterocycles. The number of halogens is 1. The molecule has 3 nitrogen and oxygen atoms in total. The minimum absolute atomic E-state index is 0.0529. The van der Waals surface area contributed by atoms with E-state index in [9.17, 15) is 4.79 Å². The van der Waals surface area contributed by atoms with Crippen LogP contribution in [0.1, 0.15) is 31.7 Å². The highest BCUT2D eigenvalue weighted by molar-refractivity contribution is 9.10. The fraction of sp³-hybridized carbons (Fsp3) is 0.500. The highest BCUT2D eigenvalue weighted by atomic mass is 79.9. The lowest BCUT2D eigenvalue weighted by molar-refractivity contribution is -0.127. The monoisotopic (exact) mass is 310 g/mol. The Kier molecular flexibility index (Phi) is 4.07. The molecule has 0 aromatic heterocycles. The van der Waals surface area contributed by atoms with E-state index in [1.807, 2.05) is 19.1 Å². The summed E-state index contributed by atoms with van der Waals surface area (Å²) in [6.07, 6.45) is 3.17. The average molecular weight is 311 g/mol. The summed E-state index contributed by atoms with van der Waals surface area (Å²) in [5, 5.41) is 3.18. The van der Waals surface area contributed by atoms with Gasteiger partial charge in [-0.3, -0.25) is 4.79 Å². The molecular formula is C14H19BrN2O. The molecule has 1 aliphatic rings. The Balaban J connectivity index is 2.19. The van der Waals surface area contributed by atoms with E-state index in [0.717, 1.165) is 23.7 Å². The lowest BCUT2D eigenvalue weighted by atomic mass is 9.71. The molecule has 98 valence electrons. The van der Waals surface area contributed by atoms with E-state index in [4.69, 9.17) is 5.73 Å². The van der Waals surface area contributed by atoms with Gasteiger partial charge in [-0.1, -0.05) is 35.0 Å². The second kappa shape index (κ2) is 5.41. The third kappa shape index (κ3) is 2.59. The quantitative estimate of drug-likeness (QED) is 0.898. The fourth-order valence-corrected chi connectivity index (χ4v) is 2.67. The number of carbonyl (C=O) groups is 1. The van der Waals surface area contributed by atoms with Gasteiger partial charge in [0.1, 0.15) is 0 Å². The van der Waals surface area contributed by atoms with Gasteiger partial charge >= 0.3 is 0 Å². The number of nitrogens with two attached hydrogens (primary N) is 1. The van der Waals surface area contributed by atoms with Crippen molar-refractivity contribution < 1.29 is 4.79 Å². The van der Waals surface area contributed by atoms with Crippen LogP contribution >= 0.6 is 15.9 Å². The standard InChI is InChI=1S/C14H19BrN2O/c1-10(9-16)13(18)17-14(6-3-7-14)11-4-2-5-12(15)8-11/h2,4-5,8,10H,3,6-7,9,16H2,1H3,(H,17,18). The number of nitrogens with one attached hydrogen (secondary N) is 1. The van der Waals surface area contributed by atoms with E-state index < -0.39 is 0 Å². The van der Waals surface area contributed by atoms with Gasteiger partial charge in [0.2, 0.25) is 5.91 Å². The van der Waals surface area contributed by atoms with Crippen molar-refractivity contribution in [2.24, 2.45) is 11.7 Å². The van der Waals surface area contributed by atoms with Gasteiger partial charge in [-0.2, -0.15) is 0 Å². The Labute approximate surface area is 116 Å². The lowest BCUT2D eigenvalue weighted by Gasteiger charge is -2.43. The highest BCUT2D eigenvalue weighted by Crippen LogP contribution is 2.42. The zero-order valence-corrected chi connectivity index (χ0v) is 12.2. The summed E-state index contributed by atoms with van der Waals surface area (Å²) in [5.41, 5.74) is 6.55. The average Bonchev–Trinajstić information content (AvgIpc) is 2.32. The van der Waals surface area contributed by atoms with E-state index >= 15 is 0 Å². The molecule has 1 unspecified atom stereocenters. The largest absolute Gasteiger partial charge is 0.346 e. The number of amides is 1. The summed E-state index contributed by atoms with van der Waals surface area (Å²) < 4.78 is 1.05. The van der Waals surface area contributed by atoms with Crippen molar-refractivity contribution in [2.75, 3.05) is 6.54 Å². The number of rotatable bonds is 4. The van der Waals surface area contributed by atoms with Crippen LogP contribution in [0.4, 0.5) is 0 Å². The normalized spacial score (nSPS) is 18.8. The van der Waals surface area contributed by atoms with E-state index in [2.05, 4.69) is 33.4 Å². The van der Waals surface area contributed by atoms with Crippen LogP contribution in [0.5, 0.6) is 0 Å². The summed E-state index contributed by atoms with van der Waals surface area (Å²) in [6.45, 7) is 2.25. The van der Waals surface area contributed by atoms with Gasteiger partial charge in [0.25, 0.3) is 0 Å². The molecule has 1 fully saturated rings. The minimum Gasteiger partial charge on any atom is -0.346 e. The van der Waals surface area contributed by atoms with Crippen molar-refractivity contribution in [3.05, 3.63) is 34.3 Å². The number of benzene rings is 1. The molecule has 1 saturated carbocycles. The summed E-state index contributed by atoms with van der Waals surface area (Å²) in [5.74, 6) is -0.0770. The molecule has 0 bridgehead atoms. The Morgan fingerprint density at radius 3 is 2.78 bits per heavy atom. The molecule has 0 spiro atoms. The number of hydrogen-bond donors (Lipinski definition) is 2. The van der Waals surface area contributed by atoms with Gasteiger partial charge in [0.05, 0.1) is 5.54 Å². The third-order valence-electron chi connectivity index (χ3n) is 3.75. The molecular weight excluding hydrogens is 292 g/mol. The van der Waals surface area contributed by atoms with Gasteiger partial charge in [-0.05, 0) is 37.0 Å². The predicted octanol–water partition coefficient (Wildman–Crippen LogP) is 2.54. The Hall–Kier alpha value is -0.870. The Morgan fingerprint density at radius 2 is 2.28 bits per heavy atom. The zero-order valence-electron chi connectivity index (χ0n) is 10.6. The summed E-state index contributed by atoms with van der Waals surface area (Å²) in [4.78, 5) is 12.0. The predicted molar refractivity (Wildman–Crippen MR) is 76.0 cm³/mol. The maximum absolute atomic E-state index is 12.0. The van der Waals surface area contributed by atoms with Gasteiger partial charge in [-0.25, -0.2) is 0 Å².